The molecule has 0 radical (unpaired) electrons. The lowest BCUT2D eigenvalue weighted by Crippen LogP contribution is -2.30. The Hall–Kier alpha value is -2.36. The van der Waals surface area contributed by atoms with Crippen LogP contribution < -0.4 is 4.90 Å². The number of hydrogen-bond acceptors (Lipinski definition) is 3. The first-order valence-electron chi connectivity index (χ1n) is 7.16. The minimum atomic E-state index is -0.841. The van der Waals surface area contributed by atoms with Crippen molar-refractivity contribution in [2.75, 3.05) is 11.4 Å². The van der Waals surface area contributed by atoms with E-state index in [2.05, 4.69) is 16.8 Å². The molecule has 1 aliphatic rings. The number of carbonyl (C=O) groups is 1. The van der Waals surface area contributed by atoms with E-state index in [4.69, 9.17) is 0 Å². The molecule has 0 saturated carbocycles. The molecule has 2 aromatic rings. The molecule has 1 aromatic carbocycles. The van der Waals surface area contributed by atoms with Gasteiger partial charge in [0.25, 0.3) is 0 Å². The van der Waals surface area contributed by atoms with E-state index in [1.165, 1.54) is 11.1 Å². The van der Waals surface area contributed by atoms with E-state index in [0.29, 0.717) is 5.56 Å². The van der Waals surface area contributed by atoms with Crippen LogP contribution in [0.4, 0.5) is 5.69 Å². The second kappa shape index (κ2) is 5.56. The lowest BCUT2D eigenvalue weighted by Gasteiger charge is -2.32. The van der Waals surface area contributed by atoms with Gasteiger partial charge in [-0.3, -0.25) is 4.98 Å². The first-order chi connectivity index (χ1) is 10.2. The number of rotatable bonds is 3. The number of aromatic nitrogens is 1. The maximum Gasteiger partial charge on any atom is 0.336 e. The molecular formula is C17H18N2O2. The highest BCUT2D eigenvalue weighted by molar-refractivity contribution is 5.91. The summed E-state index contributed by atoms with van der Waals surface area (Å²) in [5.74, 6) is -0.841. The Kier molecular flexibility index (Phi) is 3.60. The van der Waals surface area contributed by atoms with Crippen LogP contribution >= 0.6 is 0 Å². The van der Waals surface area contributed by atoms with E-state index >= 15 is 0 Å². The number of hydrogen-bond donors (Lipinski definition) is 1. The smallest absolute Gasteiger partial charge is 0.336 e. The predicted octanol–water partition coefficient (Wildman–Crippen LogP) is 3.04. The fourth-order valence-electron chi connectivity index (χ4n) is 2.93. The molecule has 1 aromatic heterocycles. The van der Waals surface area contributed by atoms with E-state index in [9.17, 15) is 9.90 Å². The average Bonchev–Trinajstić information content (AvgIpc) is 2.49. The number of aryl methyl sites for hydroxylation is 1. The van der Waals surface area contributed by atoms with Crippen molar-refractivity contribution in [3.63, 3.8) is 0 Å². The van der Waals surface area contributed by atoms with E-state index in [0.717, 1.165) is 37.2 Å². The normalized spacial score (nSPS) is 13.9. The molecule has 2 heterocycles. The van der Waals surface area contributed by atoms with E-state index < -0.39 is 5.97 Å². The number of pyridine rings is 1. The van der Waals surface area contributed by atoms with Gasteiger partial charge >= 0.3 is 5.97 Å². The molecular weight excluding hydrogens is 264 g/mol. The van der Waals surface area contributed by atoms with Gasteiger partial charge in [0.05, 0.1) is 5.56 Å². The molecule has 0 aliphatic carbocycles. The molecule has 21 heavy (non-hydrogen) atoms. The number of carboxylic acid groups (broad SMARTS) is 1. The van der Waals surface area contributed by atoms with Gasteiger partial charge in [-0.25, -0.2) is 4.79 Å². The van der Waals surface area contributed by atoms with Crippen LogP contribution in [0, 0.1) is 6.92 Å². The zero-order chi connectivity index (χ0) is 14.8. The highest BCUT2D eigenvalue weighted by Gasteiger charge is 2.22. The van der Waals surface area contributed by atoms with Gasteiger partial charge in [-0.1, -0.05) is 6.07 Å². The van der Waals surface area contributed by atoms with Crippen molar-refractivity contribution < 1.29 is 9.90 Å². The van der Waals surface area contributed by atoms with Gasteiger partial charge in [0, 0.05) is 31.2 Å². The Morgan fingerprint density at radius 3 is 3.00 bits per heavy atom. The summed E-state index contributed by atoms with van der Waals surface area (Å²) in [6.45, 7) is 3.80. The summed E-state index contributed by atoms with van der Waals surface area (Å²) < 4.78 is 0. The standard InChI is InChI=1S/C17H18N2O2/c1-12-7-8-18-10-13(12)11-19-9-3-5-14-15(17(20)21)4-2-6-16(14)19/h2,4,6-8,10H,3,5,9,11H2,1H3,(H,20,21). The quantitative estimate of drug-likeness (QED) is 0.940. The maximum absolute atomic E-state index is 11.4. The van der Waals surface area contributed by atoms with E-state index in [1.807, 2.05) is 24.4 Å². The molecule has 4 heteroatoms. The number of carboxylic acids is 1. The van der Waals surface area contributed by atoms with Crippen LogP contribution in [-0.4, -0.2) is 22.6 Å². The molecule has 1 aliphatic heterocycles. The predicted molar refractivity (Wildman–Crippen MR) is 81.7 cm³/mol. The van der Waals surface area contributed by atoms with Crippen molar-refractivity contribution >= 4 is 11.7 Å². The lowest BCUT2D eigenvalue weighted by atomic mass is 9.95. The Morgan fingerprint density at radius 1 is 1.38 bits per heavy atom. The summed E-state index contributed by atoms with van der Waals surface area (Å²) in [6.07, 6.45) is 5.51. The monoisotopic (exact) mass is 282 g/mol. The molecule has 0 fully saturated rings. The Morgan fingerprint density at radius 2 is 2.24 bits per heavy atom. The fraction of sp³-hybridized carbons (Fsp3) is 0.294. The van der Waals surface area contributed by atoms with Crippen LogP contribution in [-0.2, 0) is 13.0 Å². The minimum absolute atomic E-state index is 0.431. The molecule has 0 unspecified atom stereocenters. The van der Waals surface area contributed by atoms with Gasteiger partial charge in [0.1, 0.15) is 0 Å². The van der Waals surface area contributed by atoms with Gasteiger partial charge in [-0.05, 0) is 54.7 Å². The average molecular weight is 282 g/mol. The van der Waals surface area contributed by atoms with Crippen molar-refractivity contribution in [1.82, 2.24) is 4.98 Å². The van der Waals surface area contributed by atoms with Gasteiger partial charge in [0.15, 0.2) is 0 Å². The number of fused-ring (bicyclic) bond motifs is 1. The van der Waals surface area contributed by atoms with E-state index in [-0.39, 0.29) is 0 Å². The highest BCUT2D eigenvalue weighted by Crippen LogP contribution is 2.31. The Labute approximate surface area is 124 Å². The molecule has 3 rings (SSSR count). The zero-order valence-electron chi connectivity index (χ0n) is 12.0. The van der Waals surface area contributed by atoms with Crippen LogP contribution in [0.1, 0.15) is 33.5 Å². The number of anilines is 1. The summed E-state index contributed by atoms with van der Waals surface area (Å²) in [5, 5.41) is 9.33. The highest BCUT2D eigenvalue weighted by atomic mass is 16.4. The summed E-state index contributed by atoms with van der Waals surface area (Å²) in [6, 6.07) is 7.55. The van der Waals surface area contributed by atoms with Gasteiger partial charge in [-0.15, -0.1) is 0 Å². The third-order valence-electron chi connectivity index (χ3n) is 4.09. The second-order valence-corrected chi connectivity index (χ2v) is 5.44. The zero-order valence-corrected chi connectivity index (χ0v) is 12.0. The van der Waals surface area contributed by atoms with Crippen LogP contribution in [0.2, 0.25) is 0 Å². The first-order valence-corrected chi connectivity index (χ1v) is 7.16. The molecule has 0 atom stereocenters. The minimum Gasteiger partial charge on any atom is -0.478 e. The Bertz CT molecular complexity index is 682. The van der Waals surface area contributed by atoms with Crippen LogP contribution in [0.15, 0.2) is 36.7 Å². The van der Waals surface area contributed by atoms with Gasteiger partial charge in [-0.2, -0.15) is 0 Å². The van der Waals surface area contributed by atoms with Crippen molar-refractivity contribution in [1.29, 1.82) is 0 Å². The third-order valence-corrected chi connectivity index (χ3v) is 4.09. The van der Waals surface area contributed by atoms with Crippen molar-refractivity contribution in [3.05, 3.63) is 58.9 Å². The summed E-state index contributed by atoms with van der Waals surface area (Å²) in [4.78, 5) is 17.8. The third kappa shape index (κ3) is 2.61. The lowest BCUT2D eigenvalue weighted by molar-refractivity contribution is 0.0695. The van der Waals surface area contributed by atoms with Crippen molar-refractivity contribution in [2.24, 2.45) is 0 Å². The van der Waals surface area contributed by atoms with Crippen LogP contribution in [0.25, 0.3) is 0 Å². The molecule has 108 valence electrons. The maximum atomic E-state index is 11.4. The van der Waals surface area contributed by atoms with Gasteiger partial charge < -0.3 is 10.0 Å². The Balaban J connectivity index is 1.96. The fourth-order valence-corrected chi connectivity index (χ4v) is 2.93. The SMILES string of the molecule is Cc1ccncc1CN1CCCc2c(C(=O)O)cccc21. The van der Waals surface area contributed by atoms with Crippen LogP contribution in [0.3, 0.4) is 0 Å². The number of benzene rings is 1. The van der Waals surface area contributed by atoms with Crippen molar-refractivity contribution in [3.8, 4) is 0 Å². The first kappa shape index (κ1) is 13.6. The number of aromatic carboxylic acids is 1. The molecule has 0 spiro atoms. The summed E-state index contributed by atoms with van der Waals surface area (Å²) in [7, 11) is 0. The largest absolute Gasteiger partial charge is 0.478 e. The topological polar surface area (TPSA) is 53.4 Å². The molecule has 0 bridgehead atoms. The van der Waals surface area contributed by atoms with Crippen LogP contribution in [0.5, 0.6) is 0 Å². The number of nitrogens with zero attached hydrogens (tertiary/aromatic N) is 2. The van der Waals surface area contributed by atoms with E-state index in [1.54, 1.807) is 12.3 Å². The molecule has 1 N–H and O–H groups in total. The molecule has 0 saturated heterocycles. The summed E-state index contributed by atoms with van der Waals surface area (Å²) in [5.41, 5.74) is 4.83. The van der Waals surface area contributed by atoms with Gasteiger partial charge in [0.2, 0.25) is 0 Å². The van der Waals surface area contributed by atoms with Crippen molar-refractivity contribution in [2.45, 2.75) is 26.3 Å². The second-order valence-electron chi connectivity index (χ2n) is 5.44. The molecule has 0 amide bonds. The summed E-state index contributed by atoms with van der Waals surface area (Å²) >= 11 is 0. The molecule has 4 nitrogen and oxygen atoms in total.